The topological polar surface area (TPSA) is 56.1 Å². The molecule has 116 valence electrons. The highest BCUT2D eigenvalue weighted by molar-refractivity contribution is 5.04. The third-order valence-electron chi connectivity index (χ3n) is 4.51. The number of hydrogen-bond donors (Lipinski definition) is 0. The van der Waals surface area contributed by atoms with Gasteiger partial charge < -0.3 is 4.74 Å². The van der Waals surface area contributed by atoms with Crippen LogP contribution in [0.3, 0.4) is 0 Å². The first-order chi connectivity index (χ1) is 10.9. The van der Waals surface area contributed by atoms with E-state index in [0.29, 0.717) is 18.5 Å². The highest BCUT2D eigenvalue weighted by Gasteiger charge is 2.30. The Kier molecular flexibility index (Phi) is 3.76. The van der Waals surface area contributed by atoms with Crippen LogP contribution in [0.1, 0.15) is 25.0 Å². The molecule has 0 radical (unpaired) electrons. The molecule has 2 aliphatic rings. The van der Waals surface area contributed by atoms with Gasteiger partial charge in [-0.25, -0.2) is 4.98 Å². The van der Waals surface area contributed by atoms with Crippen molar-refractivity contribution in [2.75, 3.05) is 13.2 Å². The first-order valence-electron chi connectivity index (χ1n) is 8.02. The van der Waals surface area contributed by atoms with Crippen molar-refractivity contribution in [3.8, 4) is 5.88 Å². The lowest BCUT2D eigenvalue weighted by Crippen LogP contribution is -2.39. The van der Waals surface area contributed by atoms with Crippen molar-refractivity contribution in [1.29, 1.82) is 0 Å². The van der Waals surface area contributed by atoms with Crippen molar-refractivity contribution in [1.82, 2.24) is 24.6 Å². The van der Waals surface area contributed by atoms with E-state index in [2.05, 4.69) is 30.7 Å². The minimum absolute atomic E-state index is 0.407. The molecule has 0 aromatic carbocycles. The highest BCUT2D eigenvalue weighted by atomic mass is 16.5. The Hall–Kier alpha value is -1.95. The van der Waals surface area contributed by atoms with Gasteiger partial charge in [-0.1, -0.05) is 0 Å². The summed E-state index contributed by atoms with van der Waals surface area (Å²) in [6.45, 7) is 3.75. The Morgan fingerprint density at radius 3 is 2.95 bits per heavy atom. The molecule has 0 saturated heterocycles. The largest absolute Gasteiger partial charge is 0.475 e. The molecule has 0 bridgehead atoms. The van der Waals surface area contributed by atoms with Crippen LogP contribution in [0.25, 0.3) is 0 Å². The van der Waals surface area contributed by atoms with Crippen LogP contribution in [0.2, 0.25) is 0 Å². The van der Waals surface area contributed by atoms with Crippen LogP contribution in [0, 0.1) is 5.92 Å². The predicted molar refractivity (Wildman–Crippen MR) is 81.3 cm³/mol. The lowest BCUT2D eigenvalue weighted by molar-refractivity contribution is 0.117. The van der Waals surface area contributed by atoms with Gasteiger partial charge >= 0.3 is 0 Å². The quantitative estimate of drug-likeness (QED) is 0.841. The van der Waals surface area contributed by atoms with Gasteiger partial charge in [0.25, 0.3) is 0 Å². The van der Waals surface area contributed by atoms with Crippen LogP contribution in [0.4, 0.5) is 0 Å². The fourth-order valence-electron chi connectivity index (χ4n) is 3.06. The minimum Gasteiger partial charge on any atom is -0.475 e. The SMILES string of the molecule is c1cnc(OC[C@H]2CCn3nccc3CN2CC2CC2)cn1. The predicted octanol–water partition coefficient (Wildman–Crippen LogP) is 1.74. The summed E-state index contributed by atoms with van der Waals surface area (Å²) in [5.74, 6) is 1.48. The molecule has 1 aliphatic carbocycles. The van der Waals surface area contributed by atoms with Gasteiger partial charge in [0.2, 0.25) is 5.88 Å². The maximum Gasteiger partial charge on any atom is 0.232 e. The van der Waals surface area contributed by atoms with Crippen molar-refractivity contribution in [3.63, 3.8) is 0 Å². The van der Waals surface area contributed by atoms with E-state index in [1.54, 1.807) is 18.6 Å². The Bertz CT molecular complexity index is 610. The number of aryl methyl sites for hydroxylation is 1. The first kappa shape index (κ1) is 13.7. The molecule has 2 aromatic heterocycles. The molecule has 0 amide bonds. The van der Waals surface area contributed by atoms with Gasteiger partial charge in [0.15, 0.2) is 0 Å². The molecule has 0 N–H and O–H groups in total. The third kappa shape index (κ3) is 3.11. The maximum absolute atomic E-state index is 5.86. The van der Waals surface area contributed by atoms with Gasteiger partial charge in [0.05, 0.1) is 11.9 Å². The van der Waals surface area contributed by atoms with E-state index in [9.17, 15) is 0 Å². The third-order valence-corrected chi connectivity index (χ3v) is 4.51. The van der Waals surface area contributed by atoms with Crippen molar-refractivity contribution in [2.45, 2.75) is 38.4 Å². The van der Waals surface area contributed by atoms with Gasteiger partial charge in [0.1, 0.15) is 6.61 Å². The van der Waals surface area contributed by atoms with E-state index in [0.717, 1.165) is 25.4 Å². The number of fused-ring (bicyclic) bond motifs is 1. The smallest absolute Gasteiger partial charge is 0.232 e. The minimum atomic E-state index is 0.407. The maximum atomic E-state index is 5.86. The van der Waals surface area contributed by atoms with Crippen LogP contribution >= 0.6 is 0 Å². The molecule has 0 unspecified atom stereocenters. The zero-order valence-electron chi connectivity index (χ0n) is 12.6. The van der Waals surface area contributed by atoms with E-state index in [1.165, 1.54) is 25.1 Å². The Balaban J connectivity index is 1.45. The fraction of sp³-hybridized carbons (Fsp3) is 0.562. The van der Waals surface area contributed by atoms with Gasteiger partial charge in [-0.15, -0.1) is 0 Å². The molecule has 0 spiro atoms. The highest BCUT2D eigenvalue weighted by Crippen LogP contribution is 2.32. The van der Waals surface area contributed by atoms with Crippen LogP contribution in [0.5, 0.6) is 5.88 Å². The van der Waals surface area contributed by atoms with Gasteiger partial charge in [0, 0.05) is 44.3 Å². The second kappa shape index (κ2) is 6.04. The standard InChI is InChI=1S/C16H21N5O/c1-2-13(1)10-20-11-14-3-5-19-21(14)8-4-15(20)12-22-16-9-17-6-7-18-16/h3,5-7,9,13,15H,1-2,4,8,10-12H2/t15-/m1/s1. The molecular weight excluding hydrogens is 278 g/mol. The number of aromatic nitrogens is 4. The zero-order valence-corrected chi connectivity index (χ0v) is 12.6. The zero-order chi connectivity index (χ0) is 14.8. The van der Waals surface area contributed by atoms with E-state index >= 15 is 0 Å². The summed E-state index contributed by atoms with van der Waals surface area (Å²) in [6.07, 6.45) is 10.7. The summed E-state index contributed by atoms with van der Waals surface area (Å²) in [6, 6.07) is 2.54. The van der Waals surface area contributed by atoms with E-state index < -0.39 is 0 Å². The molecule has 1 aliphatic heterocycles. The molecule has 4 rings (SSSR count). The van der Waals surface area contributed by atoms with Crippen LogP contribution in [-0.2, 0) is 13.1 Å². The average molecular weight is 299 g/mol. The summed E-state index contributed by atoms with van der Waals surface area (Å²) < 4.78 is 7.99. The summed E-state index contributed by atoms with van der Waals surface area (Å²) in [5.41, 5.74) is 1.31. The van der Waals surface area contributed by atoms with Crippen LogP contribution in [0.15, 0.2) is 30.9 Å². The average Bonchev–Trinajstić information content (AvgIpc) is 3.29. The molecule has 3 heterocycles. The Morgan fingerprint density at radius 2 is 2.14 bits per heavy atom. The summed E-state index contributed by atoms with van der Waals surface area (Å²) in [7, 11) is 0. The lowest BCUT2D eigenvalue weighted by Gasteiger charge is -2.29. The second-order valence-corrected chi connectivity index (χ2v) is 6.22. The van der Waals surface area contributed by atoms with Gasteiger partial charge in [-0.05, 0) is 31.2 Å². The van der Waals surface area contributed by atoms with Crippen LogP contribution in [-0.4, -0.2) is 43.8 Å². The normalized spacial score (nSPS) is 22.1. The van der Waals surface area contributed by atoms with Crippen molar-refractivity contribution in [2.24, 2.45) is 5.92 Å². The van der Waals surface area contributed by atoms with Crippen molar-refractivity contribution in [3.05, 3.63) is 36.5 Å². The molecule has 22 heavy (non-hydrogen) atoms. The Morgan fingerprint density at radius 1 is 1.18 bits per heavy atom. The molecule has 6 heteroatoms. The molecule has 6 nitrogen and oxygen atoms in total. The first-order valence-corrected chi connectivity index (χ1v) is 8.02. The van der Waals surface area contributed by atoms with Crippen molar-refractivity contribution < 1.29 is 4.74 Å². The second-order valence-electron chi connectivity index (χ2n) is 6.22. The molecule has 2 aromatic rings. The number of rotatable bonds is 5. The summed E-state index contributed by atoms with van der Waals surface area (Å²) >= 11 is 0. The molecule has 1 atom stereocenters. The fourth-order valence-corrected chi connectivity index (χ4v) is 3.06. The summed E-state index contributed by atoms with van der Waals surface area (Å²) in [4.78, 5) is 10.8. The number of hydrogen-bond acceptors (Lipinski definition) is 5. The molecular formula is C16H21N5O. The van der Waals surface area contributed by atoms with Gasteiger partial charge in [-0.3, -0.25) is 14.6 Å². The van der Waals surface area contributed by atoms with Crippen molar-refractivity contribution >= 4 is 0 Å². The molecule has 1 fully saturated rings. The number of ether oxygens (including phenoxy) is 1. The monoisotopic (exact) mass is 299 g/mol. The number of nitrogens with zero attached hydrogens (tertiary/aromatic N) is 5. The van der Waals surface area contributed by atoms with E-state index in [-0.39, 0.29) is 0 Å². The van der Waals surface area contributed by atoms with E-state index in [4.69, 9.17) is 4.74 Å². The van der Waals surface area contributed by atoms with E-state index in [1.807, 2.05) is 6.20 Å². The van der Waals surface area contributed by atoms with Crippen LogP contribution < -0.4 is 4.74 Å². The Labute approximate surface area is 130 Å². The summed E-state index contributed by atoms with van der Waals surface area (Å²) in [5, 5.41) is 4.43. The van der Waals surface area contributed by atoms with Gasteiger partial charge in [-0.2, -0.15) is 5.10 Å². The molecule has 1 saturated carbocycles. The lowest BCUT2D eigenvalue weighted by atomic mass is 10.1.